The minimum absolute atomic E-state index is 0.00600. The molecule has 5 heteroatoms. The Morgan fingerprint density at radius 3 is 2.40 bits per heavy atom. The number of amides is 1. The molecule has 140 valence electrons. The fraction of sp³-hybridized carbons (Fsp3) is 0.650. The van der Waals surface area contributed by atoms with E-state index in [0.717, 1.165) is 30.6 Å². The standard InChI is InChI=1S/C20H31NO4/c1-15(2)19(20(14-22)9-4-10-20)21-18(23)13-16-5-7-17(8-6-16)25-12-11-24-3/h5-8,15,19,22H,4,9-14H2,1-3H3,(H,21,23)/t19-/m0/s1. The third kappa shape index (κ3) is 5.19. The number of carbonyl (C=O) groups excluding carboxylic acids is 1. The van der Waals surface area contributed by atoms with Crippen molar-refractivity contribution in [1.82, 2.24) is 5.32 Å². The lowest BCUT2D eigenvalue weighted by Gasteiger charge is -2.48. The topological polar surface area (TPSA) is 67.8 Å². The van der Waals surface area contributed by atoms with Gasteiger partial charge in [-0.2, -0.15) is 0 Å². The van der Waals surface area contributed by atoms with Gasteiger partial charge in [0.1, 0.15) is 12.4 Å². The van der Waals surface area contributed by atoms with Crippen molar-refractivity contribution >= 4 is 5.91 Å². The van der Waals surface area contributed by atoms with Crippen LogP contribution in [0, 0.1) is 11.3 Å². The van der Waals surface area contributed by atoms with Gasteiger partial charge in [-0.15, -0.1) is 0 Å². The molecule has 0 unspecified atom stereocenters. The second kappa shape index (κ2) is 9.20. The maximum atomic E-state index is 12.5. The molecule has 1 amide bonds. The number of nitrogens with one attached hydrogen (secondary N) is 1. The molecule has 1 atom stereocenters. The summed E-state index contributed by atoms with van der Waals surface area (Å²) < 4.78 is 10.5. The number of aliphatic hydroxyl groups excluding tert-OH is 1. The normalized spacial score (nSPS) is 17.0. The molecule has 1 aromatic rings. The van der Waals surface area contributed by atoms with Gasteiger partial charge in [0.15, 0.2) is 0 Å². The molecule has 1 saturated carbocycles. The van der Waals surface area contributed by atoms with E-state index in [1.165, 1.54) is 0 Å². The predicted molar refractivity (Wildman–Crippen MR) is 97.7 cm³/mol. The number of hydrogen-bond acceptors (Lipinski definition) is 4. The van der Waals surface area contributed by atoms with Gasteiger partial charge in [-0.3, -0.25) is 4.79 Å². The van der Waals surface area contributed by atoms with E-state index in [0.29, 0.717) is 25.6 Å². The van der Waals surface area contributed by atoms with Crippen molar-refractivity contribution in [2.24, 2.45) is 11.3 Å². The number of carbonyl (C=O) groups is 1. The van der Waals surface area contributed by atoms with Gasteiger partial charge < -0.3 is 19.9 Å². The zero-order valence-electron chi connectivity index (χ0n) is 15.6. The van der Waals surface area contributed by atoms with Crippen molar-refractivity contribution in [3.8, 4) is 5.75 Å². The summed E-state index contributed by atoms with van der Waals surface area (Å²) in [5, 5.41) is 13.0. The molecular weight excluding hydrogens is 318 g/mol. The van der Waals surface area contributed by atoms with Gasteiger partial charge in [0.25, 0.3) is 0 Å². The Morgan fingerprint density at radius 1 is 1.24 bits per heavy atom. The summed E-state index contributed by atoms with van der Waals surface area (Å²) in [6.07, 6.45) is 3.44. The summed E-state index contributed by atoms with van der Waals surface area (Å²) >= 11 is 0. The van der Waals surface area contributed by atoms with E-state index in [-0.39, 0.29) is 24.0 Å². The highest BCUT2D eigenvalue weighted by Gasteiger charge is 2.45. The first-order valence-electron chi connectivity index (χ1n) is 9.11. The second-order valence-corrected chi connectivity index (χ2v) is 7.33. The van der Waals surface area contributed by atoms with Gasteiger partial charge in [0.2, 0.25) is 5.91 Å². The molecule has 0 aromatic heterocycles. The molecule has 2 rings (SSSR count). The molecular formula is C20H31NO4. The molecule has 1 fully saturated rings. The zero-order chi connectivity index (χ0) is 18.3. The Kier molecular flexibility index (Phi) is 7.26. The van der Waals surface area contributed by atoms with Crippen LogP contribution in [0.5, 0.6) is 5.75 Å². The number of aliphatic hydroxyl groups is 1. The van der Waals surface area contributed by atoms with Crippen LogP contribution in [0.15, 0.2) is 24.3 Å². The van der Waals surface area contributed by atoms with E-state index < -0.39 is 0 Å². The van der Waals surface area contributed by atoms with E-state index in [1.807, 2.05) is 24.3 Å². The highest BCUT2D eigenvalue weighted by molar-refractivity contribution is 5.79. The molecule has 0 aliphatic heterocycles. The van der Waals surface area contributed by atoms with Crippen LogP contribution in [0.1, 0.15) is 38.7 Å². The Morgan fingerprint density at radius 2 is 1.92 bits per heavy atom. The van der Waals surface area contributed by atoms with Crippen molar-refractivity contribution in [2.45, 2.75) is 45.6 Å². The minimum atomic E-state index is -0.136. The molecule has 1 aliphatic rings. The van der Waals surface area contributed by atoms with E-state index >= 15 is 0 Å². The fourth-order valence-electron chi connectivity index (χ4n) is 3.58. The summed E-state index contributed by atoms with van der Waals surface area (Å²) in [5.41, 5.74) is 0.814. The molecule has 0 heterocycles. The quantitative estimate of drug-likeness (QED) is 0.637. The maximum absolute atomic E-state index is 12.5. The van der Waals surface area contributed by atoms with Gasteiger partial charge >= 0.3 is 0 Å². The Labute approximate surface area is 150 Å². The van der Waals surface area contributed by atoms with Crippen LogP contribution in [0.2, 0.25) is 0 Å². The number of rotatable bonds is 10. The Hall–Kier alpha value is -1.59. The molecule has 5 nitrogen and oxygen atoms in total. The van der Waals surface area contributed by atoms with Crippen LogP contribution >= 0.6 is 0 Å². The Balaban J connectivity index is 1.90. The van der Waals surface area contributed by atoms with Crippen molar-refractivity contribution in [3.63, 3.8) is 0 Å². The van der Waals surface area contributed by atoms with Crippen LogP contribution in [0.25, 0.3) is 0 Å². The summed E-state index contributed by atoms with van der Waals surface area (Å²) in [6.45, 7) is 5.41. The van der Waals surface area contributed by atoms with Crippen LogP contribution in [0.3, 0.4) is 0 Å². The van der Waals surface area contributed by atoms with Crippen LogP contribution in [-0.4, -0.2) is 44.0 Å². The molecule has 25 heavy (non-hydrogen) atoms. The van der Waals surface area contributed by atoms with Gasteiger partial charge in [0.05, 0.1) is 19.6 Å². The highest BCUT2D eigenvalue weighted by atomic mass is 16.5. The zero-order valence-corrected chi connectivity index (χ0v) is 15.6. The molecule has 0 bridgehead atoms. The lowest BCUT2D eigenvalue weighted by atomic mass is 9.62. The second-order valence-electron chi connectivity index (χ2n) is 7.33. The van der Waals surface area contributed by atoms with E-state index in [9.17, 15) is 9.90 Å². The third-order valence-electron chi connectivity index (χ3n) is 5.15. The maximum Gasteiger partial charge on any atom is 0.224 e. The summed E-state index contributed by atoms with van der Waals surface area (Å²) in [5.74, 6) is 1.08. The van der Waals surface area contributed by atoms with E-state index in [4.69, 9.17) is 9.47 Å². The first kappa shape index (κ1) is 19.7. The van der Waals surface area contributed by atoms with E-state index in [2.05, 4.69) is 19.2 Å². The Bertz CT molecular complexity index is 532. The monoisotopic (exact) mass is 349 g/mol. The third-order valence-corrected chi connectivity index (χ3v) is 5.15. The average molecular weight is 349 g/mol. The molecule has 0 saturated heterocycles. The van der Waals surface area contributed by atoms with Crippen LogP contribution in [-0.2, 0) is 16.0 Å². The molecule has 0 radical (unpaired) electrons. The molecule has 1 aromatic carbocycles. The summed E-state index contributed by atoms with van der Waals surface area (Å²) in [7, 11) is 1.64. The van der Waals surface area contributed by atoms with Gasteiger partial charge in [-0.25, -0.2) is 0 Å². The number of hydrogen-bond donors (Lipinski definition) is 2. The first-order valence-corrected chi connectivity index (χ1v) is 9.11. The number of benzene rings is 1. The minimum Gasteiger partial charge on any atom is -0.491 e. The average Bonchev–Trinajstić information content (AvgIpc) is 2.55. The fourth-order valence-corrected chi connectivity index (χ4v) is 3.58. The van der Waals surface area contributed by atoms with Crippen LogP contribution in [0.4, 0.5) is 0 Å². The highest BCUT2D eigenvalue weighted by Crippen LogP contribution is 2.45. The SMILES string of the molecule is COCCOc1ccc(CC(=O)N[C@@H](C(C)C)C2(CO)CCC2)cc1. The van der Waals surface area contributed by atoms with Crippen molar-refractivity contribution in [1.29, 1.82) is 0 Å². The lowest BCUT2D eigenvalue weighted by Crippen LogP contribution is -2.56. The van der Waals surface area contributed by atoms with Crippen molar-refractivity contribution in [3.05, 3.63) is 29.8 Å². The first-order chi connectivity index (χ1) is 12.0. The van der Waals surface area contributed by atoms with Crippen molar-refractivity contribution in [2.75, 3.05) is 26.9 Å². The predicted octanol–water partition coefficient (Wildman–Crippen LogP) is 2.56. The smallest absolute Gasteiger partial charge is 0.224 e. The lowest BCUT2D eigenvalue weighted by molar-refractivity contribution is -0.124. The molecule has 2 N–H and O–H groups in total. The molecule has 1 aliphatic carbocycles. The van der Waals surface area contributed by atoms with Gasteiger partial charge in [-0.05, 0) is 36.5 Å². The number of methoxy groups -OCH3 is 1. The van der Waals surface area contributed by atoms with Crippen molar-refractivity contribution < 1.29 is 19.4 Å². The summed E-state index contributed by atoms with van der Waals surface area (Å²) in [4.78, 5) is 12.5. The van der Waals surface area contributed by atoms with Gasteiger partial charge in [-0.1, -0.05) is 32.4 Å². The van der Waals surface area contributed by atoms with E-state index in [1.54, 1.807) is 7.11 Å². The summed E-state index contributed by atoms with van der Waals surface area (Å²) in [6, 6.07) is 7.60. The van der Waals surface area contributed by atoms with Gasteiger partial charge in [0, 0.05) is 18.6 Å². The number of ether oxygens (including phenoxy) is 2. The molecule has 0 spiro atoms. The van der Waals surface area contributed by atoms with Crippen LogP contribution < -0.4 is 10.1 Å². The largest absolute Gasteiger partial charge is 0.491 e.